The van der Waals surface area contributed by atoms with Crippen LogP contribution in [0.2, 0.25) is 0 Å². The molecule has 3 heteroatoms. The second-order valence-electron chi connectivity index (χ2n) is 8.12. The summed E-state index contributed by atoms with van der Waals surface area (Å²) in [6.45, 7) is 6.56. The summed E-state index contributed by atoms with van der Waals surface area (Å²) in [6, 6.07) is 22.2. The first kappa shape index (κ1) is 16.0. The molecule has 5 rings (SSSR count). The summed E-state index contributed by atoms with van der Waals surface area (Å²) in [5, 5.41) is 3.84. The van der Waals surface area contributed by atoms with Crippen LogP contribution in [0.15, 0.2) is 71.5 Å². The summed E-state index contributed by atoms with van der Waals surface area (Å²) in [6.07, 6.45) is 0. The van der Waals surface area contributed by atoms with Crippen molar-refractivity contribution < 1.29 is 0 Å². The van der Waals surface area contributed by atoms with Crippen LogP contribution in [0.4, 0.5) is 0 Å². The van der Waals surface area contributed by atoms with Gasteiger partial charge in [0, 0.05) is 10.8 Å². The second-order valence-corrected chi connectivity index (χ2v) is 8.12. The fraction of sp³-hybridized carbons (Fsp3) is 0.167. The van der Waals surface area contributed by atoms with Gasteiger partial charge in [-0.2, -0.15) is 0 Å². The zero-order chi connectivity index (χ0) is 18.8. The minimum atomic E-state index is -0.0163. The summed E-state index contributed by atoms with van der Waals surface area (Å²) in [5.41, 5.74) is 3.55. The van der Waals surface area contributed by atoms with Crippen LogP contribution in [0.25, 0.3) is 38.2 Å². The van der Waals surface area contributed by atoms with Crippen LogP contribution < -0.4 is 5.56 Å². The highest BCUT2D eigenvalue weighted by atomic mass is 16.1. The smallest absolute Gasteiger partial charge is 0.266 e. The van der Waals surface area contributed by atoms with Gasteiger partial charge in [-0.15, -0.1) is 0 Å². The van der Waals surface area contributed by atoms with E-state index in [0.29, 0.717) is 11.0 Å². The van der Waals surface area contributed by atoms with Crippen molar-refractivity contribution in [1.82, 2.24) is 9.38 Å². The molecular formula is C24H20N2O. The Balaban J connectivity index is 2.14. The summed E-state index contributed by atoms with van der Waals surface area (Å²) in [5.74, 6) is 0. The molecule has 3 aromatic carbocycles. The number of hydrogen-bond donors (Lipinski definition) is 0. The predicted octanol–water partition coefficient (Wildman–Crippen LogP) is 5.45. The SMILES string of the molecule is CC(C)(C)c1ccc2c3ccccc3c3nc4ccccc4c(=O)n3c2c1. The molecule has 3 nitrogen and oxygen atoms in total. The summed E-state index contributed by atoms with van der Waals surface area (Å²) >= 11 is 0. The van der Waals surface area contributed by atoms with Gasteiger partial charge in [0.05, 0.1) is 16.4 Å². The third-order valence-electron chi connectivity index (χ3n) is 5.34. The first-order valence-corrected chi connectivity index (χ1v) is 9.21. The number of nitrogens with zero attached hydrogens (tertiary/aromatic N) is 2. The minimum Gasteiger partial charge on any atom is -0.268 e. The lowest BCUT2D eigenvalue weighted by Gasteiger charge is -2.20. The van der Waals surface area contributed by atoms with E-state index >= 15 is 0 Å². The molecule has 0 atom stereocenters. The molecule has 0 amide bonds. The average Bonchev–Trinajstić information content (AvgIpc) is 2.67. The van der Waals surface area contributed by atoms with Gasteiger partial charge in [0.2, 0.25) is 0 Å². The van der Waals surface area contributed by atoms with Gasteiger partial charge in [-0.05, 0) is 34.6 Å². The van der Waals surface area contributed by atoms with E-state index in [2.05, 4.69) is 45.0 Å². The lowest BCUT2D eigenvalue weighted by atomic mass is 9.86. The third kappa shape index (κ3) is 2.28. The number of rotatable bonds is 0. The number of fused-ring (bicyclic) bond motifs is 7. The van der Waals surface area contributed by atoms with Crippen LogP contribution in [0.5, 0.6) is 0 Å². The van der Waals surface area contributed by atoms with Crippen molar-refractivity contribution in [3.63, 3.8) is 0 Å². The molecule has 0 radical (unpaired) electrons. The van der Waals surface area contributed by atoms with E-state index < -0.39 is 0 Å². The van der Waals surface area contributed by atoms with Gasteiger partial charge >= 0.3 is 0 Å². The Kier molecular flexibility index (Phi) is 3.20. The van der Waals surface area contributed by atoms with Crippen molar-refractivity contribution in [3.8, 4) is 0 Å². The molecule has 0 N–H and O–H groups in total. The van der Waals surface area contributed by atoms with Crippen LogP contribution in [0.1, 0.15) is 26.3 Å². The Morgan fingerprint density at radius 1 is 0.778 bits per heavy atom. The zero-order valence-electron chi connectivity index (χ0n) is 15.7. The molecule has 0 saturated carbocycles. The van der Waals surface area contributed by atoms with E-state index in [-0.39, 0.29) is 11.0 Å². The number of hydrogen-bond acceptors (Lipinski definition) is 2. The molecule has 2 heterocycles. The first-order valence-electron chi connectivity index (χ1n) is 9.21. The highest BCUT2D eigenvalue weighted by Gasteiger charge is 2.18. The zero-order valence-corrected chi connectivity index (χ0v) is 15.7. The standard InChI is InChI=1S/C24H20N2O/c1-24(2,3)15-12-13-17-16-8-4-5-9-18(16)22-25-20-11-7-6-10-19(20)23(27)26(22)21(17)14-15/h4-14H,1-3H3. The van der Waals surface area contributed by atoms with E-state index in [4.69, 9.17) is 4.98 Å². The largest absolute Gasteiger partial charge is 0.268 e. The van der Waals surface area contributed by atoms with Crippen LogP contribution >= 0.6 is 0 Å². The van der Waals surface area contributed by atoms with Crippen molar-refractivity contribution in [3.05, 3.63) is 82.6 Å². The van der Waals surface area contributed by atoms with Gasteiger partial charge < -0.3 is 0 Å². The minimum absolute atomic E-state index is 0.0000425. The fourth-order valence-electron chi connectivity index (χ4n) is 3.86. The van der Waals surface area contributed by atoms with Gasteiger partial charge in [-0.3, -0.25) is 9.20 Å². The highest BCUT2D eigenvalue weighted by Crippen LogP contribution is 2.32. The average molecular weight is 352 g/mol. The van der Waals surface area contributed by atoms with Gasteiger partial charge in [0.1, 0.15) is 5.65 Å². The molecule has 0 aliphatic carbocycles. The highest BCUT2D eigenvalue weighted by molar-refractivity contribution is 6.12. The Morgan fingerprint density at radius 3 is 2.19 bits per heavy atom. The first-order chi connectivity index (χ1) is 12.9. The number of aromatic nitrogens is 2. The van der Waals surface area contributed by atoms with Crippen LogP contribution in [-0.4, -0.2) is 9.38 Å². The summed E-state index contributed by atoms with van der Waals surface area (Å²) in [4.78, 5) is 18.3. The van der Waals surface area contributed by atoms with Gasteiger partial charge in [0.25, 0.3) is 5.56 Å². The normalized spacial score (nSPS) is 12.4. The van der Waals surface area contributed by atoms with Crippen molar-refractivity contribution in [2.45, 2.75) is 26.2 Å². The maximum atomic E-state index is 13.4. The quantitative estimate of drug-likeness (QED) is 0.274. The maximum Gasteiger partial charge on any atom is 0.266 e. The molecule has 0 bridgehead atoms. The van der Waals surface area contributed by atoms with E-state index in [9.17, 15) is 4.79 Å². The number of pyridine rings is 1. The summed E-state index contributed by atoms with van der Waals surface area (Å²) in [7, 11) is 0. The fourth-order valence-corrected chi connectivity index (χ4v) is 3.86. The molecule has 0 unspecified atom stereocenters. The molecule has 27 heavy (non-hydrogen) atoms. The van der Waals surface area contributed by atoms with Crippen molar-refractivity contribution >= 4 is 38.2 Å². The molecular weight excluding hydrogens is 332 g/mol. The molecule has 0 spiro atoms. The molecule has 0 aliphatic heterocycles. The van der Waals surface area contributed by atoms with Gasteiger partial charge in [-0.25, -0.2) is 4.98 Å². The molecule has 0 fully saturated rings. The Hall–Kier alpha value is -3.20. The predicted molar refractivity (Wildman–Crippen MR) is 113 cm³/mol. The Labute approximate surface area is 156 Å². The van der Waals surface area contributed by atoms with Crippen LogP contribution in [0.3, 0.4) is 0 Å². The van der Waals surface area contributed by atoms with Gasteiger partial charge in [-0.1, -0.05) is 69.3 Å². The van der Waals surface area contributed by atoms with E-state index in [1.807, 2.05) is 42.5 Å². The van der Waals surface area contributed by atoms with Crippen LogP contribution in [-0.2, 0) is 5.41 Å². The molecule has 2 aromatic heterocycles. The summed E-state index contributed by atoms with van der Waals surface area (Å²) < 4.78 is 1.79. The Morgan fingerprint density at radius 2 is 1.44 bits per heavy atom. The van der Waals surface area contributed by atoms with E-state index in [0.717, 1.165) is 27.2 Å². The van der Waals surface area contributed by atoms with Crippen LogP contribution in [0, 0.1) is 0 Å². The molecule has 0 aliphatic rings. The Bertz CT molecular complexity index is 1420. The lowest BCUT2D eigenvalue weighted by Crippen LogP contribution is -2.17. The topological polar surface area (TPSA) is 34.4 Å². The van der Waals surface area contributed by atoms with E-state index in [1.165, 1.54) is 5.56 Å². The maximum absolute atomic E-state index is 13.4. The van der Waals surface area contributed by atoms with Crippen molar-refractivity contribution in [2.24, 2.45) is 0 Å². The molecule has 5 aromatic rings. The number of para-hydroxylation sites is 1. The van der Waals surface area contributed by atoms with Crippen molar-refractivity contribution in [2.75, 3.05) is 0 Å². The third-order valence-corrected chi connectivity index (χ3v) is 5.34. The second kappa shape index (κ2) is 5.40. The van der Waals surface area contributed by atoms with Crippen molar-refractivity contribution in [1.29, 1.82) is 0 Å². The van der Waals surface area contributed by atoms with Gasteiger partial charge in [0.15, 0.2) is 0 Å². The number of benzene rings is 3. The molecule has 0 saturated heterocycles. The molecule has 132 valence electrons. The monoisotopic (exact) mass is 352 g/mol. The lowest BCUT2D eigenvalue weighted by molar-refractivity contribution is 0.591. The van der Waals surface area contributed by atoms with E-state index in [1.54, 1.807) is 4.40 Å².